The molecule has 240 valence electrons. The first-order chi connectivity index (χ1) is 22.1. The summed E-state index contributed by atoms with van der Waals surface area (Å²) in [7, 11) is 0. The Hall–Kier alpha value is -3.48. The van der Waals surface area contributed by atoms with Gasteiger partial charge in [-0.15, -0.1) is 0 Å². The van der Waals surface area contributed by atoms with Gasteiger partial charge in [0.15, 0.2) is 5.83 Å². The molecule has 1 aromatic heterocycles. The number of amides is 1. The zero-order chi connectivity index (χ0) is 31.8. The average Bonchev–Trinajstić information content (AvgIpc) is 3.45. The maximum absolute atomic E-state index is 13.9. The molecule has 2 aromatic rings. The number of aromatic nitrogens is 2. The summed E-state index contributed by atoms with van der Waals surface area (Å²) in [5, 5.41) is 10.4. The minimum Gasteiger partial charge on any atom is -0.461 e. The van der Waals surface area contributed by atoms with Crippen LogP contribution in [0.25, 0.3) is 5.57 Å². The van der Waals surface area contributed by atoms with E-state index in [1.807, 2.05) is 12.1 Å². The Bertz CT molecular complexity index is 1720. The first-order valence-electron chi connectivity index (χ1n) is 16.7. The van der Waals surface area contributed by atoms with Crippen molar-refractivity contribution < 1.29 is 13.9 Å². The van der Waals surface area contributed by atoms with E-state index in [1.165, 1.54) is 48.3 Å². The van der Waals surface area contributed by atoms with E-state index in [0.29, 0.717) is 37.5 Å². The van der Waals surface area contributed by atoms with Crippen LogP contribution < -0.4 is 9.64 Å². The molecule has 46 heavy (non-hydrogen) atoms. The number of hydrogen-bond acceptors (Lipinski definition) is 7. The fraction of sp³-hybridized carbons (Fsp3) is 0.556. The SMILES string of the molecule is C=C(F)C(=O)N1CCN(c2nc(OCC34CCCN3CC3(CC3)C4)nc3c2CC[C@@]2(C=C(C)c4c(Cl)cccc42)C3)C[C@@H]1CC#N. The van der Waals surface area contributed by atoms with Crippen LogP contribution in [0.4, 0.5) is 10.2 Å². The topological polar surface area (TPSA) is 85.6 Å². The van der Waals surface area contributed by atoms with Gasteiger partial charge >= 0.3 is 6.01 Å². The number of ether oxygens (including phenoxy) is 1. The van der Waals surface area contributed by atoms with Crippen LogP contribution in [-0.2, 0) is 23.1 Å². The van der Waals surface area contributed by atoms with Gasteiger partial charge in [0.2, 0.25) is 0 Å². The summed E-state index contributed by atoms with van der Waals surface area (Å²) in [6.07, 6.45) is 11.0. The van der Waals surface area contributed by atoms with Crippen molar-refractivity contribution in [1.82, 2.24) is 19.8 Å². The molecule has 1 unspecified atom stereocenters. The number of anilines is 1. The normalized spacial score (nSPS) is 28.9. The summed E-state index contributed by atoms with van der Waals surface area (Å²) in [6.45, 7) is 9.35. The van der Waals surface area contributed by atoms with Gasteiger partial charge in [-0.1, -0.05) is 36.4 Å². The molecule has 3 atom stereocenters. The van der Waals surface area contributed by atoms with Gasteiger partial charge in [-0.3, -0.25) is 9.69 Å². The predicted octanol–water partition coefficient (Wildman–Crippen LogP) is 5.78. The van der Waals surface area contributed by atoms with E-state index in [0.717, 1.165) is 53.5 Å². The Balaban J connectivity index is 1.15. The smallest absolute Gasteiger partial charge is 0.318 e. The molecule has 8 nitrogen and oxygen atoms in total. The summed E-state index contributed by atoms with van der Waals surface area (Å²) in [6, 6.07) is 8.30. The molecule has 3 aliphatic heterocycles. The van der Waals surface area contributed by atoms with Crippen LogP contribution in [0.3, 0.4) is 0 Å². The number of benzene rings is 1. The zero-order valence-corrected chi connectivity index (χ0v) is 27.2. The number of carbonyl (C=O) groups excluding carboxylic acids is 1. The Morgan fingerprint density at radius 1 is 1.22 bits per heavy atom. The summed E-state index contributed by atoms with van der Waals surface area (Å²) < 4.78 is 20.5. The number of rotatable bonds is 6. The lowest BCUT2D eigenvalue weighted by atomic mass is 9.70. The van der Waals surface area contributed by atoms with Crippen molar-refractivity contribution in [2.75, 3.05) is 44.2 Å². The molecule has 4 heterocycles. The van der Waals surface area contributed by atoms with Gasteiger partial charge in [-0.25, -0.2) is 4.39 Å². The van der Waals surface area contributed by atoms with Crippen molar-refractivity contribution in [3.05, 3.63) is 64.1 Å². The number of allylic oxidation sites excluding steroid dienone is 2. The number of carbonyl (C=O) groups is 1. The van der Waals surface area contributed by atoms with Crippen LogP contribution in [0.15, 0.2) is 36.7 Å². The Labute approximate surface area is 274 Å². The zero-order valence-electron chi connectivity index (χ0n) is 26.5. The standard InChI is InChI=1S/C36H40ClFN6O2/c1-23-17-35(27-5-3-6-28(37)30(23)27)10-7-26-29(18-35)40-33(46-22-36-9-4-14-43(36)21-34(20-36)11-12-34)41-31(26)42-15-16-44(32(45)24(2)38)25(19-42)8-13-39/h3,5-6,17,25H,2,4,7-12,14-16,18-22H2,1H3/t25-,35+,36?/m0/s1. The monoisotopic (exact) mass is 642 g/mol. The van der Waals surface area contributed by atoms with Crippen molar-refractivity contribution >= 4 is 28.9 Å². The van der Waals surface area contributed by atoms with Gasteiger partial charge in [0, 0.05) is 48.6 Å². The molecule has 6 aliphatic rings. The first kappa shape index (κ1) is 29.9. The molecule has 3 aliphatic carbocycles. The maximum atomic E-state index is 13.9. The highest BCUT2D eigenvalue weighted by molar-refractivity contribution is 6.32. The lowest BCUT2D eigenvalue weighted by Gasteiger charge is -2.42. The van der Waals surface area contributed by atoms with Crippen molar-refractivity contribution in [1.29, 1.82) is 5.26 Å². The van der Waals surface area contributed by atoms with Gasteiger partial charge in [0.1, 0.15) is 12.4 Å². The molecule has 0 bridgehead atoms. The highest BCUT2D eigenvalue weighted by Crippen LogP contribution is 2.60. The van der Waals surface area contributed by atoms with E-state index in [-0.39, 0.29) is 23.9 Å². The molecule has 1 amide bonds. The van der Waals surface area contributed by atoms with Crippen molar-refractivity contribution in [3.63, 3.8) is 0 Å². The molecule has 0 radical (unpaired) electrons. The quantitative estimate of drug-likeness (QED) is 0.369. The third-order valence-electron chi connectivity index (χ3n) is 11.8. The summed E-state index contributed by atoms with van der Waals surface area (Å²) in [4.78, 5) is 29.1. The molecule has 4 fully saturated rings. The maximum Gasteiger partial charge on any atom is 0.318 e. The van der Waals surface area contributed by atoms with Crippen LogP contribution in [0.5, 0.6) is 6.01 Å². The van der Waals surface area contributed by atoms with E-state index < -0.39 is 17.8 Å². The number of nitrogens with zero attached hydrogens (tertiary/aromatic N) is 6. The largest absolute Gasteiger partial charge is 0.461 e. The van der Waals surface area contributed by atoms with Gasteiger partial charge in [-0.2, -0.15) is 15.2 Å². The molecular weight excluding hydrogens is 603 g/mol. The third-order valence-corrected chi connectivity index (χ3v) is 12.1. The van der Waals surface area contributed by atoms with Crippen LogP contribution >= 0.6 is 11.6 Å². The van der Waals surface area contributed by atoms with Crippen LogP contribution in [0.1, 0.15) is 74.3 Å². The Morgan fingerprint density at radius 2 is 2.07 bits per heavy atom. The van der Waals surface area contributed by atoms with Crippen LogP contribution in [0, 0.1) is 16.7 Å². The average molecular weight is 643 g/mol. The summed E-state index contributed by atoms with van der Waals surface area (Å²) in [5.74, 6) is -0.946. The number of hydrogen-bond donors (Lipinski definition) is 0. The minimum absolute atomic E-state index is 0.0524. The van der Waals surface area contributed by atoms with E-state index in [2.05, 4.69) is 41.5 Å². The molecule has 2 spiro atoms. The predicted molar refractivity (Wildman–Crippen MR) is 174 cm³/mol. The highest BCUT2D eigenvalue weighted by Gasteiger charge is 2.60. The second-order valence-electron chi connectivity index (χ2n) is 14.7. The Morgan fingerprint density at radius 3 is 2.85 bits per heavy atom. The first-order valence-corrected chi connectivity index (χ1v) is 17.1. The molecule has 1 aromatic carbocycles. The molecule has 10 heteroatoms. The second kappa shape index (κ2) is 10.8. The van der Waals surface area contributed by atoms with Gasteiger partial charge in [0.05, 0.1) is 29.8 Å². The number of halogens is 2. The van der Waals surface area contributed by atoms with E-state index in [1.54, 1.807) is 0 Å². The molecule has 8 rings (SSSR count). The Kier molecular flexibility index (Phi) is 7.01. The van der Waals surface area contributed by atoms with Crippen molar-refractivity contribution in [2.45, 2.75) is 81.7 Å². The lowest BCUT2D eigenvalue weighted by molar-refractivity contribution is -0.131. The number of nitriles is 1. The molecule has 3 saturated heterocycles. The highest BCUT2D eigenvalue weighted by atomic mass is 35.5. The third kappa shape index (κ3) is 4.74. The number of fused-ring (bicyclic) bond motifs is 4. The van der Waals surface area contributed by atoms with Crippen molar-refractivity contribution in [2.24, 2.45) is 5.41 Å². The van der Waals surface area contributed by atoms with Gasteiger partial charge < -0.3 is 14.5 Å². The van der Waals surface area contributed by atoms with Crippen LogP contribution in [0.2, 0.25) is 5.02 Å². The van der Waals surface area contributed by atoms with Crippen LogP contribution in [-0.4, -0.2) is 76.6 Å². The van der Waals surface area contributed by atoms with Gasteiger partial charge in [-0.05, 0) is 86.6 Å². The molecule has 1 saturated carbocycles. The fourth-order valence-electron chi connectivity index (χ4n) is 9.49. The number of piperazine rings is 1. The van der Waals surface area contributed by atoms with Crippen molar-refractivity contribution in [3.8, 4) is 12.1 Å². The van der Waals surface area contributed by atoms with E-state index >= 15 is 0 Å². The minimum atomic E-state index is -1.00. The lowest BCUT2D eigenvalue weighted by Crippen LogP contribution is -2.55. The van der Waals surface area contributed by atoms with Gasteiger partial charge in [0.25, 0.3) is 5.91 Å². The van der Waals surface area contributed by atoms with E-state index in [9.17, 15) is 14.4 Å². The van der Waals surface area contributed by atoms with E-state index in [4.69, 9.17) is 26.3 Å². The molecule has 0 N–H and O–H groups in total. The summed E-state index contributed by atoms with van der Waals surface area (Å²) >= 11 is 6.71. The summed E-state index contributed by atoms with van der Waals surface area (Å²) in [5.41, 5.74) is 5.96. The fourth-order valence-corrected chi connectivity index (χ4v) is 9.82. The molecular formula is C36H40ClFN6O2. The second-order valence-corrected chi connectivity index (χ2v) is 15.1.